The number of aryl methyl sites for hydroxylation is 2. The van der Waals surface area contributed by atoms with Crippen LogP contribution in [0.3, 0.4) is 0 Å². The zero-order valence-corrected chi connectivity index (χ0v) is 23.2. The van der Waals surface area contributed by atoms with Crippen LogP contribution >= 0.6 is 11.8 Å². The van der Waals surface area contributed by atoms with Gasteiger partial charge in [-0.3, -0.25) is 0 Å². The van der Waals surface area contributed by atoms with Gasteiger partial charge in [-0.1, -0.05) is 61.0 Å². The van der Waals surface area contributed by atoms with E-state index in [0.717, 1.165) is 56.6 Å². The van der Waals surface area contributed by atoms with Gasteiger partial charge in [0.2, 0.25) is 0 Å². The van der Waals surface area contributed by atoms with Crippen LogP contribution in [0.15, 0.2) is 102 Å². The summed E-state index contributed by atoms with van der Waals surface area (Å²) in [6.07, 6.45) is 4.88. The molecule has 196 valence electrons. The Balaban J connectivity index is 1.54. The van der Waals surface area contributed by atoms with E-state index in [9.17, 15) is 4.79 Å². The molecule has 5 aromatic rings. The molecule has 3 heterocycles. The minimum Gasteiger partial charge on any atom is -0.308 e. The van der Waals surface area contributed by atoms with Crippen molar-refractivity contribution in [3.8, 4) is 11.5 Å². The first kappa shape index (κ1) is 25.1. The summed E-state index contributed by atoms with van der Waals surface area (Å²) in [5, 5.41) is 8.24. The van der Waals surface area contributed by atoms with Gasteiger partial charge in [0.15, 0.2) is 0 Å². The Morgan fingerprint density at radius 2 is 1.82 bits per heavy atom. The molecule has 0 aliphatic carbocycles. The maximum absolute atomic E-state index is 14.2. The Hall–Kier alpha value is -4.23. The number of carbonyl (C=O) groups excluding carboxylic acids is 1. The lowest BCUT2D eigenvalue weighted by atomic mass is 10.00. The van der Waals surface area contributed by atoms with E-state index in [0.29, 0.717) is 6.54 Å². The van der Waals surface area contributed by atoms with Crippen molar-refractivity contribution >= 4 is 23.5 Å². The summed E-state index contributed by atoms with van der Waals surface area (Å²) < 4.78 is 4.23. The normalized spacial score (nSPS) is 14.4. The molecule has 1 atom stereocenters. The first-order chi connectivity index (χ1) is 19.1. The Morgan fingerprint density at radius 3 is 2.59 bits per heavy atom. The van der Waals surface area contributed by atoms with E-state index in [1.165, 1.54) is 0 Å². The summed E-state index contributed by atoms with van der Waals surface area (Å²) in [6, 6.07) is 30.4. The van der Waals surface area contributed by atoms with E-state index in [2.05, 4.69) is 78.5 Å². The average molecular weight is 534 g/mol. The van der Waals surface area contributed by atoms with Crippen molar-refractivity contribution in [1.29, 1.82) is 0 Å². The summed E-state index contributed by atoms with van der Waals surface area (Å²) in [4.78, 5) is 17.2. The molecule has 39 heavy (non-hydrogen) atoms. The maximum Gasteiger partial charge on any atom is 0.322 e. The molecule has 7 heteroatoms. The van der Waals surface area contributed by atoms with Gasteiger partial charge in [0.25, 0.3) is 0 Å². The molecule has 3 aromatic carbocycles. The van der Waals surface area contributed by atoms with Crippen LogP contribution in [0.25, 0.3) is 11.5 Å². The van der Waals surface area contributed by atoms with Crippen LogP contribution in [0, 0.1) is 6.92 Å². The van der Waals surface area contributed by atoms with Crippen molar-refractivity contribution < 1.29 is 4.79 Å². The van der Waals surface area contributed by atoms with Crippen molar-refractivity contribution in [3.05, 3.63) is 125 Å². The molecule has 6 rings (SSSR count). The van der Waals surface area contributed by atoms with Gasteiger partial charge >= 0.3 is 6.03 Å². The molecular formula is C32H31N5OS. The highest BCUT2D eigenvalue weighted by atomic mass is 32.2. The molecule has 1 aliphatic rings. The number of aromatic nitrogens is 3. The number of amides is 2. The predicted molar refractivity (Wildman–Crippen MR) is 158 cm³/mol. The first-order valence-electron chi connectivity index (χ1n) is 13.2. The van der Waals surface area contributed by atoms with Gasteiger partial charge in [0.05, 0.1) is 29.7 Å². The van der Waals surface area contributed by atoms with E-state index in [4.69, 9.17) is 5.10 Å². The second-order valence-electron chi connectivity index (χ2n) is 9.76. The zero-order chi connectivity index (χ0) is 26.9. The van der Waals surface area contributed by atoms with Gasteiger partial charge < -0.3 is 14.8 Å². The fraction of sp³-hybridized carbons (Fsp3) is 0.188. The highest BCUT2D eigenvalue weighted by Crippen LogP contribution is 2.39. The Bertz CT molecular complexity index is 1640. The summed E-state index contributed by atoms with van der Waals surface area (Å²) >= 11 is 1.66. The van der Waals surface area contributed by atoms with Crippen LogP contribution in [-0.2, 0) is 13.0 Å². The topological polar surface area (TPSA) is 55.1 Å². The van der Waals surface area contributed by atoms with Crippen LogP contribution in [0.5, 0.6) is 0 Å². The van der Waals surface area contributed by atoms with Gasteiger partial charge in [-0.05, 0) is 67.6 Å². The lowest BCUT2D eigenvalue weighted by Crippen LogP contribution is -2.38. The molecule has 2 amide bonds. The molecule has 0 spiro atoms. The number of carbonyl (C=O) groups is 1. The molecule has 0 radical (unpaired) electrons. The molecule has 0 saturated carbocycles. The van der Waals surface area contributed by atoms with Crippen LogP contribution < -0.4 is 5.32 Å². The number of rotatable bonds is 5. The van der Waals surface area contributed by atoms with Gasteiger partial charge in [0.1, 0.15) is 5.82 Å². The second-order valence-corrected chi connectivity index (χ2v) is 10.6. The smallest absolute Gasteiger partial charge is 0.308 e. The molecule has 0 bridgehead atoms. The fourth-order valence-corrected chi connectivity index (χ4v) is 5.89. The molecule has 2 aromatic heterocycles. The van der Waals surface area contributed by atoms with E-state index < -0.39 is 0 Å². The quantitative estimate of drug-likeness (QED) is 0.240. The predicted octanol–water partition coefficient (Wildman–Crippen LogP) is 7.39. The van der Waals surface area contributed by atoms with Crippen LogP contribution in [-0.4, -0.2) is 31.5 Å². The van der Waals surface area contributed by atoms with Crippen molar-refractivity contribution in [2.75, 3.05) is 11.6 Å². The van der Waals surface area contributed by atoms with Crippen LogP contribution in [0.4, 0.5) is 10.5 Å². The van der Waals surface area contributed by atoms with E-state index in [1.54, 1.807) is 11.8 Å². The lowest BCUT2D eigenvalue weighted by Gasteiger charge is -2.31. The Labute approximate surface area is 233 Å². The molecule has 0 unspecified atom stereocenters. The standard InChI is InChI=1S/C32H31N5OS/c1-4-28-27-21-36(32(38)33-24-13-9-16-26(20-24)39-3)30(23-12-8-11-22(2)19-23)29-17-10-18-35(29)31(27)37(34-28)25-14-6-5-7-15-25/h5-20,30H,4,21H2,1-3H3,(H,33,38)/t30-/m0/s1. The van der Waals surface area contributed by atoms with E-state index >= 15 is 0 Å². The zero-order valence-electron chi connectivity index (χ0n) is 22.3. The highest BCUT2D eigenvalue weighted by Gasteiger charge is 2.36. The van der Waals surface area contributed by atoms with Gasteiger partial charge in [-0.15, -0.1) is 11.8 Å². The highest BCUT2D eigenvalue weighted by molar-refractivity contribution is 7.98. The Morgan fingerprint density at radius 1 is 1.00 bits per heavy atom. The summed E-state index contributed by atoms with van der Waals surface area (Å²) in [6.45, 7) is 4.64. The number of hydrogen-bond acceptors (Lipinski definition) is 3. The maximum atomic E-state index is 14.2. The first-order valence-corrected chi connectivity index (χ1v) is 14.4. The molecule has 0 fully saturated rings. The summed E-state index contributed by atoms with van der Waals surface area (Å²) in [7, 11) is 0. The molecule has 6 nitrogen and oxygen atoms in total. The minimum atomic E-state index is -0.287. The number of nitrogens with zero attached hydrogens (tertiary/aromatic N) is 4. The van der Waals surface area contributed by atoms with Crippen molar-refractivity contribution in [1.82, 2.24) is 19.2 Å². The average Bonchev–Trinajstić information content (AvgIpc) is 3.54. The number of fused-ring (bicyclic) bond motifs is 3. The molecular weight excluding hydrogens is 502 g/mol. The SMILES string of the molecule is CCc1nn(-c2ccccc2)c2c1CN(C(=O)Nc1cccc(SC)c1)[C@@H](c1cccc(C)c1)c1cccn1-2. The third-order valence-electron chi connectivity index (χ3n) is 7.24. The largest absolute Gasteiger partial charge is 0.322 e. The van der Waals surface area contributed by atoms with Gasteiger partial charge in [-0.25, -0.2) is 9.48 Å². The minimum absolute atomic E-state index is 0.144. The van der Waals surface area contributed by atoms with Crippen molar-refractivity contribution in [2.24, 2.45) is 0 Å². The molecule has 1 N–H and O–H groups in total. The van der Waals surface area contributed by atoms with Crippen LogP contribution in [0.2, 0.25) is 0 Å². The van der Waals surface area contributed by atoms with Crippen molar-refractivity contribution in [3.63, 3.8) is 0 Å². The lowest BCUT2D eigenvalue weighted by molar-refractivity contribution is 0.194. The van der Waals surface area contributed by atoms with Gasteiger partial charge in [0, 0.05) is 22.3 Å². The fourth-order valence-electron chi connectivity index (χ4n) is 5.44. The van der Waals surface area contributed by atoms with Crippen molar-refractivity contribution in [2.45, 2.75) is 37.8 Å². The summed E-state index contributed by atoms with van der Waals surface area (Å²) in [5.74, 6) is 0.982. The second kappa shape index (κ2) is 10.5. The third kappa shape index (κ3) is 4.63. The number of urea groups is 1. The number of anilines is 1. The third-order valence-corrected chi connectivity index (χ3v) is 7.97. The summed E-state index contributed by atoms with van der Waals surface area (Å²) in [5.41, 5.74) is 7.07. The number of hydrogen-bond donors (Lipinski definition) is 1. The molecule has 1 aliphatic heterocycles. The van der Waals surface area contributed by atoms with E-state index in [-0.39, 0.29) is 12.1 Å². The number of para-hydroxylation sites is 1. The Kier molecular flexibility index (Phi) is 6.75. The monoisotopic (exact) mass is 533 g/mol. The molecule has 0 saturated heterocycles. The van der Waals surface area contributed by atoms with E-state index in [1.807, 2.05) is 58.3 Å². The van der Waals surface area contributed by atoms with Crippen LogP contribution in [0.1, 0.15) is 41.0 Å². The number of thioether (sulfide) groups is 1. The number of nitrogens with one attached hydrogen (secondary N) is 1. The number of benzene rings is 3. The van der Waals surface area contributed by atoms with Gasteiger partial charge in [-0.2, -0.15) is 5.10 Å².